The van der Waals surface area contributed by atoms with E-state index in [1.165, 1.54) is 12.5 Å². The van der Waals surface area contributed by atoms with Gasteiger partial charge in [-0.25, -0.2) is 13.4 Å². The zero-order valence-electron chi connectivity index (χ0n) is 16.6. The second-order valence-corrected chi connectivity index (χ2v) is 8.35. The summed E-state index contributed by atoms with van der Waals surface area (Å²) in [6, 6.07) is 5.52. The van der Waals surface area contributed by atoms with E-state index >= 15 is 0 Å². The standard InChI is InChI=1S/C17H14ClN5O3S.C2H6/c1-9-4-5-12(26-2)14(18)13(9)11-6-10-7-19-17(27(3,24)25)21-15(10)23-8-20-22-16(11)23;1-2/h4-8H,1-3H3;1-2H3. The van der Waals surface area contributed by atoms with Crippen molar-refractivity contribution in [2.24, 2.45) is 0 Å². The normalized spacial score (nSPS) is 11.4. The Hall–Kier alpha value is -2.78. The van der Waals surface area contributed by atoms with Crippen LogP contribution in [0.2, 0.25) is 5.02 Å². The van der Waals surface area contributed by atoms with E-state index in [0.29, 0.717) is 27.5 Å². The van der Waals surface area contributed by atoms with Gasteiger partial charge >= 0.3 is 0 Å². The van der Waals surface area contributed by atoms with Crippen LogP contribution in [0.25, 0.3) is 27.8 Å². The van der Waals surface area contributed by atoms with Crippen LogP contribution < -0.4 is 4.74 Å². The van der Waals surface area contributed by atoms with Crippen LogP contribution in [0.3, 0.4) is 0 Å². The maximum atomic E-state index is 11.8. The van der Waals surface area contributed by atoms with Gasteiger partial charge in [-0.1, -0.05) is 31.5 Å². The fourth-order valence-corrected chi connectivity index (χ4v) is 3.85. The molecule has 0 aliphatic rings. The number of ether oxygens (including phenoxy) is 1. The molecule has 152 valence electrons. The van der Waals surface area contributed by atoms with Gasteiger partial charge in [-0.3, -0.25) is 4.40 Å². The molecule has 0 atom stereocenters. The van der Waals surface area contributed by atoms with Crippen LogP contribution in [-0.2, 0) is 9.84 Å². The van der Waals surface area contributed by atoms with Crippen LogP contribution in [0.1, 0.15) is 19.4 Å². The van der Waals surface area contributed by atoms with Gasteiger partial charge in [-0.15, -0.1) is 10.2 Å². The molecule has 0 aliphatic carbocycles. The highest BCUT2D eigenvalue weighted by molar-refractivity contribution is 7.90. The van der Waals surface area contributed by atoms with Gasteiger partial charge in [-0.05, 0) is 24.6 Å². The summed E-state index contributed by atoms with van der Waals surface area (Å²) in [6.45, 7) is 5.93. The summed E-state index contributed by atoms with van der Waals surface area (Å²) in [5, 5.41) is 8.96. The first-order valence-corrected chi connectivity index (χ1v) is 11.1. The third-order valence-corrected chi connectivity index (χ3v) is 5.46. The molecule has 0 spiro atoms. The predicted octanol–water partition coefficient (Wildman–Crippen LogP) is 3.74. The lowest BCUT2D eigenvalue weighted by atomic mass is 10.00. The summed E-state index contributed by atoms with van der Waals surface area (Å²) >= 11 is 6.56. The van der Waals surface area contributed by atoms with Crippen molar-refractivity contribution in [2.45, 2.75) is 25.9 Å². The number of rotatable bonds is 3. The molecule has 4 aromatic rings. The molecular formula is C19H20ClN5O3S. The third-order valence-electron chi connectivity index (χ3n) is 4.23. The number of benzene rings is 1. The summed E-state index contributed by atoms with van der Waals surface area (Å²) in [6.07, 6.45) is 4.00. The first-order chi connectivity index (χ1) is 13.8. The minimum atomic E-state index is -3.54. The Morgan fingerprint density at radius 1 is 1.17 bits per heavy atom. The van der Waals surface area contributed by atoms with E-state index in [4.69, 9.17) is 16.3 Å². The number of hydrogen-bond acceptors (Lipinski definition) is 7. The third kappa shape index (κ3) is 3.63. The zero-order valence-corrected chi connectivity index (χ0v) is 18.2. The molecule has 0 unspecified atom stereocenters. The molecule has 1 aromatic carbocycles. The number of halogens is 1. The van der Waals surface area contributed by atoms with Crippen LogP contribution in [-0.4, -0.2) is 46.3 Å². The number of pyridine rings is 1. The van der Waals surface area contributed by atoms with Crippen molar-refractivity contribution in [1.82, 2.24) is 24.6 Å². The number of fused-ring (bicyclic) bond motifs is 3. The van der Waals surface area contributed by atoms with E-state index in [0.717, 1.165) is 22.9 Å². The molecule has 0 amide bonds. The molecule has 0 saturated heterocycles. The second kappa shape index (κ2) is 7.92. The van der Waals surface area contributed by atoms with Crippen molar-refractivity contribution in [3.05, 3.63) is 41.3 Å². The van der Waals surface area contributed by atoms with Gasteiger partial charge < -0.3 is 4.74 Å². The number of methoxy groups -OCH3 is 1. The lowest BCUT2D eigenvalue weighted by molar-refractivity contribution is 0.415. The van der Waals surface area contributed by atoms with Gasteiger partial charge in [0.1, 0.15) is 12.1 Å². The van der Waals surface area contributed by atoms with Crippen LogP contribution in [0.5, 0.6) is 5.75 Å². The highest BCUT2D eigenvalue weighted by Crippen LogP contribution is 2.40. The number of aromatic nitrogens is 5. The van der Waals surface area contributed by atoms with Crippen molar-refractivity contribution < 1.29 is 13.2 Å². The maximum Gasteiger partial charge on any atom is 0.248 e. The monoisotopic (exact) mass is 433 g/mol. The molecule has 29 heavy (non-hydrogen) atoms. The van der Waals surface area contributed by atoms with E-state index in [1.54, 1.807) is 17.6 Å². The molecule has 0 aliphatic heterocycles. The molecule has 0 N–H and O–H groups in total. The van der Waals surface area contributed by atoms with Gasteiger partial charge in [0, 0.05) is 29.0 Å². The quantitative estimate of drug-likeness (QED) is 0.453. The van der Waals surface area contributed by atoms with Crippen molar-refractivity contribution >= 4 is 38.1 Å². The molecule has 3 aromatic heterocycles. The number of aryl methyl sites for hydroxylation is 1. The summed E-state index contributed by atoms with van der Waals surface area (Å²) in [4.78, 5) is 8.16. The molecular weight excluding hydrogens is 414 g/mol. The van der Waals surface area contributed by atoms with Crippen LogP contribution in [0.15, 0.2) is 35.9 Å². The van der Waals surface area contributed by atoms with Gasteiger partial charge in [0.15, 0.2) is 11.3 Å². The van der Waals surface area contributed by atoms with Crippen molar-refractivity contribution in [3.8, 4) is 16.9 Å². The minimum Gasteiger partial charge on any atom is -0.495 e. The Bertz CT molecular complexity index is 1320. The van der Waals surface area contributed by atoms with E-state index < -0.39 is 9.84 Å². The van der Waals surface area contributed by atoms with Crippen molar-refractivity contribution in [3.63, 3.8) is 0 Å². The maximum absolute atomic E-state index is 11.8. The summed E-state index contributed by atoms with van der Waals surface area (Å²) < 4.78 is 30.6. The second-order valence-electron chi connectivity index (χ2n) is 6.06. The van der Waals surface area contributed by atoms with E-state index in [1.807, 2.05) is 32.9 Å². The smallest absolute Gasteiger partial charge is 0.248 e. The van der Waals surface area contributed by atoms with Gasteiger partial charge in [0.25, 0.3) is 0 Å². The molecule has 3 heterocycles. The first kappa shape index (κ1) is 20.9. The topological polar surface area (TPSA) is 99.3 Å². The number of sulfone groups is 1. The predicted molar refractivity (Wildman–Crippen MR) is 112 cm³/mol. The van der Waals surface area contributed by atoms with Crippen LogP contribution in [0, 0.1) is 6.92 Å². The van der Waals surface area contributed by atoms with E-state index in [9.17, 15) is 8.42 Å². The fourth-order valence-electron chi connectivity index (χ4n) is 2.96. The van der Waals surface area contributed by atoms with Gasteiger partial charge in [-0.2, -0.15) is 4.98 Å². The van der Waals surface area contributed by atoms with Crippen molar-refractivity contribution in [2.75, 3.05) is 13.4 Å². The first-order valence-electron chi connectivity index (χ1n) is 8.84. The Labute approximate surface area is 173 Å². The van der Waals surface area contributed by atoms with Gasteiger partial charge in [0.2, 0.25) is 15.0 Å². The van der Waals surface area contributed by atoms with E-state index in [-0.39, 0.29) is 5.16 Å². The number of hydrogen-bond donors (Lipinski definition) is 0. The van der Waals surface area contributed by atoms with Crippen LogP contribution >= 0.6 is 11.6 Å². The Morgan fingerprint density at radius 3 is 2.55 bits per heavy atom. The van der Waals surface area contributed by atoms with Crippen LogP contribution in [0.4, 0.5) is 0 Å². The average Bonchev–Trinajstić information content (AvgIpc) is 3.19. The Morgan fingerprint density at radius 2 is 1.90 bits per heavy atom. The summed E-state index contributed by atoms with van der Waals surface area (Å²) in [7, 11) is -2.00. The zero-order chi connectivity index (χ0) is 21.3. The number of nitrogens with zero attached hydrogens (tertiary/aromatic N) is 5. The molecule has 0 fully saturated rings. The molecule has 0 radical (unpaired) electrons. The average molecular weight is 434 g/mol. The molecule has 0 bridgehead atoms. The summed E-state index contributed by atoms with van der Waals surface area (Å²) in [5.74, 6) is 0.540. The molecule has 8 nitrogen and oxygen atoms in total. The molecule has 4 rings (SSSR count). The van der Waals surface area contributed by atoms with E-state index in [2.05, 4.69) is 20.2 Å². The lowest BCUT2D eigenvalue weighted by Gasteiger charge is -2.14. The highest BCUT2D eigenvalue weighted by Gasteiger charge is 2.20. The Balaban J connectivity index is 0.00000117. The molecule has 0 saturated carbocycles. The van der Waals surface area contributed by atoms with Gasteiger partial charge in [0.05, 0.1) is 12.1 Å². The highest BCUT2D eigenvalue weighted by atomic mass is 35.5. The summed E-state index contributed by atoms with van der Waals surface area (Å²) in [5.41, 5.74) is 3.30. The fraction of sp³-hybridized carbons (Fsp3) is 0.263. The SMILES string of the molecule is CC.COc1ccc(C)c(-c2cc3cnc(S(C)(=O)=O)nc3n3cnnc23)c1Cl. The Kier molecular flexibility index (Phi) is 5.72. The largest absolute Gasteiger partial charge is 0.495 e. The molecule has 10 heteroatoms. The lowest BCUT2D eigenvalue weighted by Crippen LogP contribution is -2.06. The van der Waals surface area contributed by atoms with Crippen molar-refractivity contribution in [1.29, 1.82) is 0 Å². The minimum absolute atomic E-state index is 0.256.